The summed E-state index contributed by atoms with van der Waals surface area (Å²) < 4.78 is 33.9. The van der Waals surface area contributed by atoms with Crippen LogP contribution in [0.4, 0.5) is 0 Å². The van der Waals surface area contributed by atoms with Crippen molar-refractivity contribution in [2.45, 2.75) is 17.9 Å². The summed E-state index contributed by atoms with van der Waals surface area (Å²) in [6, 6.07) is 16.3. The van der Waals surface area contributed by atoms with Crippen LogP contribution in [0.25, 0.3) is 0 Å². The molecule has 1 fully saturated rings. The highest BCUT2D eigenvalue weighted by molar-refractivity contribution is 7.89. The van der Waals surface area contributed by atoms with Gasteiger partial charge < -0.3 is 9.64 Å². The number of ether oxygens (including phenoxy) is 1. The Balaban J connectivity index is 1.83. The second kappa shape index (κ2) is 8.10. The highest BCUT2D eigenvalue weighted by Gasteiger charge is 2.26. The summed E-state index contributed by atoms with van der Waals surface area (Å²) in [5, 5.41) is 0. The number of benzene rings is 2. The minimum absolute atomic E-state index is 0.265. The monoisotopic (exact) mass is 361 g/mol. The topological polar surface area (TPSA) is 59.8 Å². The van der Waals surface area contributed by atoms with E-state index in [4.69, 9.17) is 4.74 Å². The van der Waals surface area contributed by atoms with Gasteiger partial charge in [-0.3, -0.25) is 0 Å². The van der Waals surface area contributed by atoms with E-state index in [1.54, 1.807) is 24.3 Å². The van der Waals surface area contributed by atoms with Gasteiger partial charge in [0.05, 0.1) is 30.7 Å². The molecule has 1 atom stereocenters. The largest absolute Gasteiger partial charge is 0.370 e. The summed E-state index contributed by atoms with van der Waals surface area (Å²) in [5.41, 5.74) is 2.15. The van der Waals surface area contributed by atoms with E-state index in [1.807, 2.05) is 37.3 Å². The molecule has 0 unspecified atom stereocenters. The molecule has 25 heavy (non-hydrogen) atoms. The molecule has 1 aliphatic heterocycles. The first-order chi connectivity index (χ1) is 12.0. The van der Waals surface area contributed by atoms with Gasteiger partial charge in [0.2, 0.25) is 10.0 Å². The molecular weight excluding hydrogens is 336 g/mol. The van der Waals surface area contributed by atoms with Crippen molar-refractivity contribution in [1.82, 2.24) is 4.72 Å². The molecule has 2 N–H and O–H groups in total. The van der Waals surface area contributed by atoms with E-state index in [0.29, 0.717) is 11.4 Å². The zero-order valence-electron chi connectivity index (χ0n) is 14.4. The van der Waals surface area contributed by atoms with E-state index in [1.165, 1.54) is 4.90 Å². The van der Waals surface area contributed by atoms with E-state index in [2.05, 4.69) is 4.72 Å². The van der Waals surface area contributed by atoms with Crippen LogP contribution in [0.3, 0.4) is 0 Å². The summed E-state index contributed by atoms with van der Waals surface area (Å²) in [6.07, 6.45) is 0. The van der Waals surface area contributed by atoms with Crippen molar-refractivity contribution in [3.63, 3.8) is 0 Å². The maximum Gasteiger partial charge on any atom is 0.241 e. The first kappa shape index (κ1) is 18.1. The van der Waals surface area contributed by atoms with Crippen LogP contribution in [0.5, 0.6) is 0 Å². The molecular formula is C19H25N2O3S+. The number of quaternary nitrogens is 1. The van der Waals surface area contributed by atoms with Crippen molar-refractivity contribution >= 4 is 10.0 Å². The minimum Gasteiger partial charge on any atom is -0.370 e. The van der Waals surface area contributed by atoms with Crippen molar-refractivity contribution in [2.75, 3.05) is 32.8 Å². The number of rotatable bonds is 6. The quantitative estimate of drug-likeness (QED) is 0.805. The summed E-state index contributed by atoms with van der Waals surface area (Å²) in [5.74, 6) is 0. The Hall–Kier alpha value is -1.73. The van der Waals surface area contributed by atoms with Gasteiger partial charge in [-0.1, -0.05) is 48.0 Å². The van der Waals surface area contributed by atoms with Crippen molar-refractivity contribution in [2.24, 2.45) is 0 Å². The minimum atomic E-state index is -3.56. The lowest BCUT2D eigenvalue weighted by atomic mass is 10.1. The average Bonchev–Trinajstić information content (AvgIpc) is 2.63. The third-order valence-electron chi connectivity index (χ3n) is 4.52. The highest BCUT2D eigenvalue weighted by atomic mass is 32.2. The predicted molar refractivity (Wildman–Crippen MR) is 97.1 cm³/mol. The van der Waals surface area contributed by atoms with Gasteiger partial charge >= 0.3 is 0 Å². The maximum absolute atomic E-state index is 12.8. The van der Waals surface area contributed by atoms with E-state index >= 15 is 0 Å². The third kappa shape index (κ3) is 4.89. The first-order valence-corrected chi connectivity index (χ1v) is 10.1. The number of hydrogen-bond donors (Lipinski definition) is 2. The molecule has 2 aromatic rings. The van der Waals surface area contributed by atoms with Gasteiger partial charge in [0.15, 0.2) is 0 Å². The van der Waals surface area contributed by atoms with E-state index in [-0.39, 0.29) is 6.04 Å². The summed E-state index contributed by atoms with van der Waals surface area (Å²) in [6.45, 7) is 5.98. The first-order valence-electron chi connectivity index (χ1n) is 8.60. The van der Waals surface area contributed by atoms with E-state index < -0.39 is 10.0 Å². The lowest BCUT2D eigenvalue weighted by Crippen LogP contribution is -3.14. The van der Waals surface area contributed by atoms with Crippen LogP contribution in [-0.2, 0) is 14.8 Å². The number of sulfonamides is 1. The van der Waals surface area contributed by atoms with Crippen molar-refractivity contribution in [3.8, 4) is 0 Å². The van der Waals surface area contributed by atoms with Crippen LogP contribution < -0.4 is 9.62 Å². The molecule has 1 aliphatic rings. The van der Waals surface area contributed by atoms with Gasteiger partial charge in [0.25, 0.3) is 0 Å². The fourth-order valence-corrected chi connectivity index (χ4v) is 4.28. The van der Waals surface area contributed by atoms with E-state index in [0.717, 1.165) is 37.4 Å². The number of nitrogens with one attached hydrogen (secondary N) is 2. The zero-order chi connectivity index (χ0) is 17.7. The SMILES string of the molecule is Cc1ccc([C@@H](C[NH+]2CCOCC2)NS(=O)(=O)c2ccccc2)cc1. The molecule has 5 nitrogen and oxygen atoms in total. The van der Waals surface area contributed by atoms with Gasteiger partial charge in [-0.05, 0) is 24.6 Å². The molecule has 0 amide bonds. The van der Waals surface area contributed by atoms with Crippen LogP contribution in [-0.4, -0.2) is 41.3 Å². The van der Waals surface area contributed by atoms with Crippen molar-refractivity contribution in [3.05, 3.63) is 65.7 Å². The Morgan fingerprint density at radius 2 is 1.68 bits per heavy atom. The zero-order valence-corrected chi connectivity index (χ0v) is 15.3. The van der Waals surface area contributed by atoms with Crippen LogP contribution in [0.2, 0.25) is 0 Å². The second-order valence-corrected chi connectivity index (χ2v) is 8.18. The Morgan fingerprint density at radius 1 is 1.04 bits per heavy atom. The Labute approximate surface area is 149 Å². The van der Waals surface area contributed by atoms with Crippen molar-refractivity contribution < 1.29 is 18.1 Å². The summed E-state index contributed by atoms with van der Waals surface area (Å²) >= 11 is 0. The fourth-order valence-electron chi connectivity index (χ4n) is 3.03. The predicted octanol–water partition coefficient (Wildman–Crippen LogP) is 0.930. The molecule has 0 aromatic heterocycles. The van der Waals surface area contributed by atoms with Crippen LogP contribution in [0.15, 0.2) is 59.5 Å². The summed E-state index contributed by atoms with van der Waals surface area (Å²) in [7, 11) is -3.56. The fraction of sp³-hybridized carbons (Fsp3) is 0.368. The Kier molecular flexibility index (Phi) is 5.86. The van der Waals surface area contributed by atoms with Gasteiger partial charge in [-0.2, -0.15) is 4.72 Å². The highest BCUT2D eigenvalue weighted by Crippen LogP contribution is 2.17. The smallest absolute Gasteiger partial charge is 0.241 e. The van der Waals surface area contributed by atoms with Crippen LogP contribution in [0.1, 0.15) is 17.2 Å². The lowest BCUT2D eigenvalue weighted by Gasteiger charge is -2.28. The second-order valence-electron chi connectivity index (χ2n) is 6.46. The number of hydrogen-bond acceptors (Lipinski definition) is 3. The van der Waals surface area contributed by atoms with Gasteiger partial charge in [-0.25, -0.2) is 8.42 Å². The molecule has 0 bridgehead atoms. The average molecular weight is 361 g/mol. The molecule has 3 rings (SSSR count). The van der Waals surface area contributed by atoms with E-state index in [9.17, 15) is 8.42 Å². The van der Waals surface area contributed by atoms with Gasteiger partial charge in [0, 0.05) is 0 Å². The molecule has 0 saturated carbocycles. The normalized spacial score (nSPS) is 17.3. The van der Waals surface area contributed by atoms with Crippen molar-refractivity contribution in [1.29, 1.82) is 0 Å². The molecule has 6 heteroatoms. The Morgan fingerprint density at radius 3 is 2.32 bits per heavy atom. The summed E-state index contributed by atoms with van der Waals surface area (Å²) in [4.78, 5) is 1.65. The standard InChI is InChI=1S/C19H24N2O3S/c1-16-7-9-17(10-8-16)19(15-21-11-13-24-14-12-21)20-25(22,23)18-5-3-2-4-6-18/h2-10,19-20H,11-15H2,1H3/p+1/t19-/m1/s1. The number of morpholine rings is 1. The molecule has 134 valence electrons. The molecule has 1 heterocycles. The van der Waals surface area contributed by atoms with Gasteiger partial charge in [-0.15, -0.1) is 0 Å². The third-order valence-corrected chi connectivity index (χ3v) is 6.01. The number of aryl methyl sites for hydroxylation is 1. The molecule has 1 saturated heterocycles. The lowest BCUT2D eigenvalue weighted by molar-refractivity contribution is -0.909. The van der Waals surface area contributed by atoms with Crippen LogP contribution >= 0.6 is 0 Å². The molecule has 0 spiro atoms. The van der Waals surface area contributed by atoms with Gasteiger partial charge in [0.1, 0.15) is 13.1 Å². The van der Waals surface area contributed by atoms with Crippen LogP contribution in [0, 0.1) is 6.92 Å². The maximum atomic E-state index is 12.8. The molecule has 0 radical (unpaired) electrons. The molecule has 0 aliphatic carbocycles. The molecule has 2 aromatic carbocycles. The Bertz CT molecular complexity index is 770.